The second kappa shape index (κ2) is 5.59. The van der Waals surface area contributed by atoms with Crippen LogP contribution in [0.3, 0.4) is 0 Å². The first kappa shape index (κ1) is 11.8. The van der Waals surface area contributed by atoms with Gasteiger partial charge in [0, 0.05) is 37.6 Å². The molecule has 0 unspecified atom stereocenters. The molecule has 3 rings (SSSR count). The van der Waals surface area contributed by atoms with Crippen molar-refractivity contribution in [2.75, 3.05) is 62.4 Å². The minimum absolute atomic E-state index is 0.835. The van der Waals surface area contributed by atoms with Crippen molar-refractivity contribution >= 4 is 11.4 Å². The molecule has 1 aromatic carbocycles. The third-order valence-electron chi connectivity index (χ3n) is 3.58. The van der Waals surface area contributed by atoms with E-state index in [9.17, 15) is 0 Å². The topological polar surface area (TPSA) is 24.9 Å². The molecule has 0 amide bonds. The highest BCUT2D eigenvalue weighted by Crippen LogP contribution is 2.23. The number of benzene rings is 1. The van der Waals surface area contributed by atoms with Gasteiger partial charge in [0.2, 0.25) is 0 Å². The Morgan fingerprint density at radius 1 is 0.722 bits per heavy atom. The standard InChI is InChI=1S/C14H20N2O2/c1-2-13(15-4-8-17-9-5-15)12-14(3-1)16-6-10-18-11-7-16/h1-3,12H,4-11H2. The summed E-state index contributed by atoms with van der Waals surface area (Å²) >= 11 is 0. The summed E-state index contributed by atoms with van der Waals surface area (Å²) < 4.78 is 10.8. The second-order valence-corrected chi connectivity index (χ2v) is 4.72. The molecular weight excluding hydrogens is 228 g/mol. The van der Waals surface area contributed by atoms with Crippen LogP contribution in [0.25, 0.3) is 0 Å². The summed E-state index contributed by atoms with van der Waals surface area (Å²) in [5, 5.41) is 0. The van der Waals surface area contributed by atoms with E-state index in [2.05, 4.69) is 34.1 Å². The first-order valence-corrected chi connectivity index (χ1v) is 6.69. The number of anilines is 2. The van der Waals surface area contributed by atoms with E-state index < -0.39 is 0 Å². The molecule has 1 aromatic rings. The maximum absolute atomic E-state index is 5.40. The molecule has 98 valence electrons. The molecule has 0 spiro atoms. The number of rotatable bonds is 2. The SMILES string of the molecule is c1cc(N2CCOCC2)cc(N2CCOCC2)c1. The van der Waals surface area contributed by atoms with E-state index in [1.807, 2.05) is 0 Å². The van der Waals surface area contributed by atoms with Gasteiger partial charge >= 0.3 is 0 Å². The van der Waals surface area contributed by atoms with Crippen molar-refractivity contribution in [2.24, 2.45) is 0 Å². The number of morpholine rings is 2. The summed E-state index contributed by atoms with van der Waals surface area (Å²) in [6.45, 7) is 7.31. The quantitative estimate of drug-likeness (QED) is 0.789. The molecule has 0 aliphatic carbocycles. The first-order chi connectivity index (χ1) is 8.93. The molecule has 0 atom stereocenters. The lowest BCUT2D eigenvalue weighted by atomic mass is 10.2. The number of nitrogens with zero attached hydrogens (tertiary/aromatic N) is 2. The minimum Gasteiger partial charge on any atom is -0.378 e. The van der Waals surface area contributed by atoms with Gasteiger partial charge < -0.3 is 19.3 Å². The predicted molar refractivity (Wildman–Crippen MR) is 72.5 cm³/mol. The molecule has 18 heavy (non-hydrogen) atoms. The van der Waals surface area contributed by atoms with Gasteiger partial charge in [-0.3, -0.25) is 0 Å². The van der Waals surface area contributed by atoms with Gasteiger partial charge in [-0.25, -0.2) is 0 Å². The Morgan fingerprint density at radius 2 is 1.17 bits per heavy atom. The Bertz CT molecular complexity index is 352. The Balaban J connectivity index is 1.75. The van der Waals surface area contributed by atoms with Crippen molar-refractivity contribution in [3.63, 3.8) is 0 Å². The van der Waals surface area contributed by atoms with Crippen LogP contribution in [0.2, 0.25) is 0 Å². The predicted octanol–water partition coefficient (Wildman–Crippen LogP) is 1.36. The van der Waals surface area contributed by atoms with E-state index in [1.165, 1.54) is 11.4 Å². The van der Waals surface area contributed by atoms with E-state index >= 15 is 0 Å². The van der Waals surface area contributed by atoms with E-state index in [-0.39, 0.29) is 0 Å². The Morgan fingerprint density at radius 3 is 1.61 bits per heavy atom. The maximum Gasteiger partial charge on any atom is 0.0642 e. The molecule has 2 heterocycles. The van der Waals surface area contributed by atoms with Crippen molar-refractivity contribution in [3.05, 3.63) is 24.3 Å². The van der Waals surface area contributed by atoms with E-state index in [4.69, 9.17) is 9.47 Å². The summed E-state index contributed by atoms with van der Waals surface area (Å²) in [4.78, 5) is 4.79. The highest BCUT2D eigenvalue weighted by Gasteiger charge is 2.14. The zero-order valence-corrected chi connectivity index (χ0v) is 10.7. The molecule has 2 aliphatic heterocycles. The lowest BCUT2D eigenvalue weighted by Gasteiger charge is -2.32. The Hall–Kier alpha value is -1.26. The van der Waals surface area contributed by atoms with Gasteiger partial charge in [-0.2, -0.15) is 0 Å². The normalized spacial score (nSPS) is 21.1. The maximum atomic E-state index is 5.40. The molecule has 0 N–H and O–H groups in total. The fraction of sp³-hybridized carbons (Fsp3) is 0.571. The lowest BCUT2D eigenvalue weighted by molar-refractivity contribution is 0.122. The molecule has 0 bridgehead atoms. The Kier molecular flexibility index (Phi) is 3.67. The Labute approximate surface area is 108 Å². The molecule has 2 aliphatic rings. The molecule has 4 nitrogen and oxygen atoms in total. The van der Waals surface area contributed by atoms with Crippen LogP contribution in [0.15, 0.2) is 24.3 Å². The van der Waals surface area contributed by atoms with Crippen LogP contribution in [0.5, 0.6) is 0 Å². The van der Waals surface area contributed by atoms with Crippen LogP contribution in [0.1, 0.15) is 0 Å². The fourth-order valence-electron chi connectivity index (χ4n) is 2.53. The summed E-state index contributed by atoms with van der Waals surface area (Å²) in [6.07, 6.45) is 0. The number of hydrogen-bond donors (Lipinski definition) is 0. The van der Waals surface area contributed by atoms with Gasteiger partial charge in [0.1, 0.15) is 0 Å². The summed E-state index contributed by atoms with van der Waals surface area (Å²) in [5.74, 6) is 0. The van der Waals surface area contributed by atoms with Crippen molar-refractivity contribution in [3.8, 4) is 0 Å². The molecule has 2 saturated heterocycles. The number of ether oxygens (including phenoxy) is 2. The van der Waals surface area contributed by atoms with Crippen LogP contribution in [0.4, 0.5) is 11.4 Å². The molecule has 2 fully saturated rings. The van der Waals surface area contributed by atoms with Gasteiger partial charge in [-0.05, 0) is 18.2 Å². The summed E-state index contributed by atoms with van der Waals surface area (Å²) in [5.41, 5.74) is 2.62. The average molecular weight is 248 g/mol. The van der Waals surface area contributed by atoms with Crippen molar-refractivity contribution < 1.29 is 9.47 Å². The number of hydrogen-bond acceptors (Lipinski definition) is 4. The van der Waals surface area contributed by atoms with Gasteiger partial charge in [0.05, 0.1) is 26.4 Å². The van der Waals surface area contributed by atoms with E-state index in [0.717, 1.165) is 52.6 Å². The van der Waals surface area contributed by atoms with E-state index in [1.54, 1.807) is 0 Å². The van der Waals surface area contributed by atoms with Gasteiger partial charge in [-0.15, -0.1) is 0 Å². The van der Waals surface area contributed by atoms with Crippen LogP contribution >= 0.6 is 0 Å². The second-order valence-electron chi connectivity index (χ2n) is 4.72. The average Bonchev–Trinajstić information content (AvgIpc) is 2.49. The van der Waals surface area contributed by atoms with Crippen LogP contribution in [-0.2, 0) is 9.47 Å². The highest BCUT2D eigenvalue weighted by molar-refractivity contribution is 5.59. The van der Waals surface area contributed by atoms with Crippen molar-refractivity contribution in [1.82, 2.24) is 0 Å². The van der Waals surface area contributed by atoms with Gasteiger partial charge in [0.15, 0.2) is 0 Å². The summed E-state index contributed by atoms with van der Waals surface area (Å²) in [7, 11) is 0. The van der Waals surface area contributed by atoms with Crippen LogP contribution < -0.4 is 9.80 Å². The first-order valence-electron chi connectivity index (χ1n) is 6.69. The third-order valence-corrected chi connectivity index (χ3v) is 3.58. The highest BCUT2D eigenvalue weighted by atomic mass is 16.5. The molecule has 4 heteroatoms. The van der Waals surface area contributed by atoms with Crippen molar-refractivity contribution in [2.45, 2.75) is 0 Å². The van der Waals surface area contributed by atoms with Crippen molar-refractivity contribution in [1.29, 1.82) is 0 Å². The van der Waals surface area contributed by atoms with Crippen LogP contribution in [-0.4, -0.2) is 52.6 Å². The molecule has 0 aromatic heterocycles. The van der Waals surface area contributed by atoms with Gasteiger partial charge in [0.25, 0.3) is 0 Å². The van der Waals surface area contributed by atoms with Crippen LogP contribution in [0, 0.1) is 0 Å². The van der Waals surface area contributed by atoms with Gasteiger partial charge in [-0.1, -0.05) is 6.07 Å². The third kappa shape index (κ3) is 2.60. The summed E-state index contributed by atoms with van der Waals surface area (Å²) in [6, 6.07) is 8.82. The van der Waals surface area contributed by atoms with E-state index in [0.29, 0.717) is 0 Å². The fourth-order valence-corrected chi connectivity index (χ4v) is 2.53. The zero-order chi connectivity index (χ0) is 12.2. The smallest absolute Gasteiger partial charge is 0.0642 e. The minimum atomic E-state index is 0.835. The largest absolute Gasteiger partial charge is 0.378 e. The molecule has 0 radical (unpaired) electrons. The zero-order valence-electron chi connectivity index (χ0n) is 10.7. The lowest BCUT2D eigenvalue weighted by Crippen LogP contribution is -2.37. The molecular formula is C14H20N2O2. The monoisotopic (exact) mass is 248 g/mol. The molecule has 0 saturated carbocycles.